The van der Waals surface area contributed by atoms with E-state index in [0.717, 1.165) is 0 Å². The predicted molar refractivity (Wildman–Crippen MR) is 44.3 cm³/mol. The van der Waals surface area contributed by atoms with Crippen LogP contribution >= 0.6 is 15.8 Å². The Bertz CT molecular complexity index is 69.5. The summed E-state index contributed by atoms with van der Waals surface area (Å²) in [5.41, 5.74) is 0. The molecule has 48 valence electrons. The number of rotatable bonds is 0. The molecular formula is C6H13LiP2. The van der Waals surface area contributed by atoms with E-state index in [4.69, 9.17) is 0 Å². The maximum Gasteiger partial charge on any atom is 1.00 e. The summed E-state index contributed by atoms with van der Waals surface area (Å²) < 4.78 is 0. The molecule has 0 saturated carbocycles. The van der Waals surface area contributed by atoms with Crippen molar-refractivity contribution < 1.29 is 18.9 Å². The standard InChI is InChI=1S/C6H13P2.Li/c1-7-4-3-5-8(2)6-7;/h6H,3-5H2,1-2H3;/q-1;+1. The second-order valence-corrected chi connectivity index (χ2v) is 7.28. The molecule has 0 N–H and O–H groups in total. The normalized spacial score (nSPS) is 35.3. The van der Waals surface area contributed by atoms with Gasteiger partial charge in [0.1, 0.15) is 0 Å². The second-order valence-electron chi connectivity index (χ2n) is 2.43. The van der Waals surface area contributed by atoms with Gasteiger partial charge in [-0.1, -0.05) is 32.1 Å². The third-order valence-electron chi connectivity index (χ3n) is 1.42. The Kier molecular flexibility index (Phi) is 5.99. The van der Waals surface area contributed by atoms with Gasteiger partial charge in [-0.25, -0.2) is 0 Å². The zero-order chi connectivity index (χ0) is 5.98. The summed E-state index contributed by atoms with van der Waals surface area (Å²) in [6.45, 7) is 4.79. The van der Waals surface area contributed by atoms with Gasteiger partial charge in [0.15, 0.2) is 0 Å². The summed E-state index contributed by atoms with van der Waals surface area (Å²) in [6, 6.07) is 0. The third-order valence-corrected chi connectivity index (χ3v) is 6.61. The van der Waals surface area contributed by atoms with E-state index >= 15 is 0 Å². The molecule has 0 aromatic carbocycles. The van der Waals surface area contributed by atoms with Gasteiger partial charge >= 0.3 is 18.9 Å². The molecule has 0 aromatic rings. The maximum atomic E-state index is 2.61. The van der Waals surface area contributed by atoms with E-state index in [-0.39, 0.29) is 18.9 Å². The first-order valence-corrected chi connectivity index (χ1v) is 7.13. The van der Waals surface area contributed by atoms with Crippen molar-refractivity contribution in [2.24, 2.45) is 0 Å². The molecule has 3 heteroatoms. The van der Waals surface area contributed by atoms with Crippen LogP contribution < -0.4 is 18.9 Å². The van der Waals surface area contributed by atoms with E-state index in [2.05, 4.69) is 19.2 Å². The minimum atomic E-state index is 0. The van der Waals surface area contributed by atoms with Gasteiger partial charge in [0.25, 0.3) is 0 Å². The van der Waals surface area contributed by atoms with Gasteiger partial charge < -0.3 is 0 Å². The quantitative estimate of drug-likeness (QED) is 0.256. The van der Waals surface area contributed by atoms with E-state index in [0.29, 0.717) is 15.8 Å². The van der Waals surface area contributed by atoms with Gasteiger partial charge in [-0.05, 0) is 0 Å². The zero-order valence-electron chi connectivity index (χ0n) is 6.59. The minimum absolute atomic E-state index is 0. The van der Waals surface area contributed by atoms with Crippen molar-refractivity contribution in [3.63, 3.8) is 0 Å². The Morgan fingerprint density at radius 1 is 1.11 bits per heavy atom. The van der Waals surface area contributed by atoms with Gasteiger partial charge in [-0.15, -0.1) is 0 Å². The van der Waals surface area contributed by atoms with E-state index < -0.39 is 0 Å². The molecule has 1 saturated heterocycles. The van der Waals surface area contributed by atoms with Crippen molar-refractivity contribution in [3.8, 4) is 0 Å². The molecule has 1 aliphatic rings. The van der Waals surface area contributed by atoms with Crippen LogP contribution in [0, 0.1) is 5.90 Å². The summed E-state index contributed by atoms with van der Waals surface area (Å²) in [5, 5.41) is 0. The van der Waals surface area contributed by atoms with Gasteiger partial charge in [-0.2, -0.15) is 0 Å². The fourth-order valence-corrected chi connectivity index (χ4v) is 6.20. The minimum Gasteiger partial charge on any atom is -0.277 e. The van der Waals surface area contributed by atoms with Crippen LogP contribution in [-0.4, -0.2) is 25.7 Å². The molecule has 0 bridgehead atoms. The molecule has 0 amide bonds. The Balaban J connectivity index is 0.000000640. The van der Waals surface area contributed by atoms with Crippen molar-refractivity contribution in [3.05, 3.63) is 5.90 Å². The molecule has 2 unspecified atom stereocenters. The fourth-order valence-electron chi connectivity index (χ4n) is 1.02. The Hall–Kier alpha value is 1.46. The molecule has 1 fully saturated rings. The summed E-state index contributed by atoms with van der Waals surface area (Å²) in [7, 11) is 0.746. The topological polar surface area (TPSA) is 0 Å². The number of hydrogen-bond acceptors (Lipinski definition) is 0. The van der Waals surface area contributed by atoms with Crippen molar-refractivity contribution in [1.29, 1.82) is 0 Å². The molecule has 0 radical (unpaired) electrons. The fraction of sp³-hybridized carbons (Fsp3) is 0.833. The average molecular weight is 154 g/mol. The molecule has 0 aromatic heterocycles. The SMILES string of the molecule is CP1[CH-]P(C)CCC1.[Li+]. The smallest absolute Gasteiger partial charge is 0.277 e. The van der Waals surface area contributed by atoms with Crippen LogP contribution in [0.25, 0.3) is 0 Å². The maximum absolute atomic E-state index is 2.61. The van der Waals surface area contributed by atoms with Gasteiger partial charge in [0.2, 0.25) is 0 Å². The van der Waals surface area contributed by atoms with Crippen LogP contribution in [0.2, 0.25) is 0 Å². The van der Waals surface area contributed by atoms with Crippen molar-refractivity contribution in [2.75, 3.05) is 25.7 Å². The van der Waals surface area contributed by atoms with Crippen molar-refractivity contribution in [2.45, 2.75) is 6.42 Å². The molecular weight excluding hydrogens is 141 g/mol. The van der Waals surface area contributed by atoms with Gasteiger partial charge in [-0.3, -0.25) is 21.7 Å². The van der Waals surface area contributed by atoms with Crippen LogP contribution in [0.1, 0.15) is 6.42 Å². The van der Waals surface area contributed by atoms with Gasteiger partial charge in [0.05, 0.1) is 0 Å². The first-order valence-electron chi connectivity index (χ1n) is 3.04. The van der Waals surface area contributed by atoms with E-state index in [1.807, 2.05) is 0 Å². The van der Waals surface area contributed by atoms with Crippen LogP contribution in [0.15, 0.2) is 0 Å². The monoisotopic (exact) mass is 154 g/mol. The van der Waals surface area contributed by atoms with Crippen LogP contribution in [-0.2, 0) is 0 Å². The Labute approximate surface area is 72.9 Å². The average Bonchev–Trinajstić information content (AvgIpc) is 1.64. The molecule has 1 aliphatic heterocycles. The van der Waals surface area contributed by atoms with E-state index in [1.165, 1.54) is 18.7 Å². The summed E-state index contributed by atoms with van der Waals surface area (Å²) in [6.07, 6.45) is 4.50. The second kappa shape index (κ2) is 5.15. The van der Waals surface area contributed by atoms with E-state index in [9.17, 15) is 0 Å². The van der Waals surface area contributed by atoms with Gasteiger partial charge in [0, 0.05) is 0 Å². The van der Waals surface area contributed by atoms with Crippen LogP contribution in [0.3, 0.4) is 0 Å². The first kappa shape index (κ1) is 10.5. The van der Waals surface area contributed by atoms with Crippen LogP contribution in [0.4, 0.5) is 0 Å². The Morgan fingerprint density at radius 3 is 1.78 bits per heavy atom. The summed E-state index contributed by atoms with van der Waals surface area (Å²) in [4.78, 5) is 0. The molecule has 1 rings (SSSR count). The van der Waals surface area contributed by atoms with E-state index in [1.54, 1.807) is 0 Å². The van der Waals surface area contributed by atoms with Crippen molar-refractivity contribution >= 4 is 15.8 Å². The molecule has 0 aliphatic carbocycles. The molecule has 9 heavy (non-hydrogen) atoms. The third kappa shape index (κ3) is 4.01. The van der Waals surface area contributed by atoms with Crippen LogP contribution in [0.5, 0.6) is 0 Å². The summed E-state index contributed by atoms with van der Waals surface area (Å²) >= 11 is 0. The van der Waals surface area contributed by atoms with Crippen molar-refractivity contribution in [1.82, 2.24) is 0 Å². The largest absolute Gasteiger partial charge is 1.00 e. The predicted octanol–water partition coefficient (Wildman–Crippen LogP) is -0.263. The molecule has 1 heterocycles. The number of hydrogen-bond donors (Lipinski definition) is 0. The molecule has 2 atom stereocenters. The zero-order valence-corrected chi connectivity index (χ0v) is 8.38. The molecule has 0 spiro atoms. The summed E-state index contributed by atoms with van der Waals surface area (Å²) in [5.74, 6) is 2.61. The Morgan fingerprint density at radius 2 is 1.56 bits per heavy atom. The first-order chi connectivity index (χ1) is 3.79. The molecule has 0 nitrogen and oxygen atoms in total.